The zero-order valence-electron chi connectivity index (χ0n) is 17.4. The molecule has 5 rings (SSSR count). The predicted molar refractivity (Wildman–Crippen MR) is 131 cm³/mol. The first-order valence-electron chi connectivity index (χ1n) is 10.6. The third-order valence-electron chi connectivity index (χ3n) is 5.57. The number of fused-ring (bicyclic) bond motifs is 2. The molecule has 0 saturated carbocycles. The summed E-state index contributed by atoms with van der Waals surface area (Å²) in [5.41, 5.74) is 10.5. The maximum Gasteiger partial charge on any atom is 0.125 e. The number of thiophene rings is 1. The molecular formula is C23H29N5S2. The first kappa shape index (κ1) is 21.2. The van der Waals surface area contributed by atoms with Crippen LogP contribution in [0, 0.1) is 0 Å². The molecule has 5 nitrogen and oxygen atoms in total. The van der Waals surface area contributed by atoms with Crippen LogP contribution in [0.2, 0.25) is 0 Å². The van der Waals surface area contributed by atoms with Crippen LogP contribution in [-0.4, -0.2) is 40.5 Å². The van der Waals surface area contributed by atoms with Crippen LogP contribution < -0.4 is 11.1 Å². The van der Waals surface area contributed by atoms with Crippen molar-refractivity contribution in [2.24, 2.45) is 5.73 Å². The lowest BCUT2D eigenvalue weighted by Gasteiger charge is -2.33. The number of rotatable bonds is 5. The average Bonchev–Trinajstić information content (AvgIpc) is 3.43. The van der Waals surface area contributed by atoms with Gasteiger partial charge in [0, 0.05) is 23.3 Å². The number of nitrogens with zero attached hydrogens (tertiary/aromatic N) is 3. The highest BCUT2D eigenvalue weighted by Gasteiger charge is 2.16. The Hall–Kier alpha value is -2.06. The molecule has 30 heavy (non-hydrogen) atoms. The molecule has 158 valence electrons. The van der Waals surface area contributed by atoms with Crippen molar-refractivity contribution in [3.63, 3.8) is 0 Å². The summed E-state index contributed by atoms with van der Waals surface area (Å²) in [5, 5.41) is 6.67. The van der Waals surface area contributed by atoms with Gasteiger partial charge in [-0.15, -0.1) is 22.7 Å². The van der Waals surface area contributed by atoms with Gasteiger partial charge < -0.3 is 16.0 Å². The van der Waals surface area contributed by atoms with Gasteiger partial charge in [-0.2, -0.15) is 0 Å². The lowest BCUT2D eigenvalue weighted by Crippen LogP contribution is -2.38. The lowest BCUT2D eigenvalue weighted by atomic mass is 10.0. The molecule has 1 saturated heterocycles. The standard InChI is InChI=1S/C14H9N3S2.C9H20N2/c1-2-13-12(16-8-19-13)7-9(1)17-11-3-5-15-14-10(11)4-6-18-14;1-9-5-2-3-7-11(9)8-4-6-10/h1-8H,(H,15,17);9H,2-8,10H2,1H3. The number of piperidine rings is 1. The van der Waals surface area contributed by atoms with E-state index in [0.717, 1.165) is 46.1 Å². The van der Waals surface area contributed by atoms with Gasteiger partial charge in [0.15, 0.2) is 0 Å². The summed E-state index contributed by atoms with van der Waals surface area (Å²) in [5.74, 6) is 0. The zero-order valence-corrected chi connectivity index (χ0v) is 19.0. The van der Waals surface area contributed by atoms with Gasteiger partial charge in [-0.3, -0.25) is 0 Å². The molecule has 1 fully saturated rings. The fourth-order valence-corrected chi connectivity index (χ4v) is 5.28. The third-order valence-corrected chi connectivity index (χ3v) is 7.20. The van der Waals surface area contributed by atoms with E-state index in [-0.39, 0.29) is 0 Å². The monoisotopic (exact) mass is 439 g/mol. The number of pyridine rings is 1. The molecule has 4 aromatic rings. The number of benzene rings is 1. The average molecular weight is 440 g/mol. The number of nitrogens with one attached hydrogen (secondary N) is 1. The van der Waals surface area contributed by atoms with Crippen molar-refractivity contribution >= 4 is 54.5 Å². The SMILES string of the molecule is CC1CCCCN1CCCN.c1cc(Nc2ccc3scnc3c2)c2ccsc2n1. The second-order valence-corrected chi connectivity index (χ2v) is 9.46. The van der Waals surface area contributed by atoms with E-state index in [9.17, 15) is 0 Å². The van der Waals surface area contributed by atoms with E-state index in [4.69, 9.17) is 5.73 Å². The van der Waals surface area contributed by atoms with Gasteiger partial charge in [-0.1, -0.05) is 6.42 Å². The molecule has 0 radical (unpaired) electrons. The van der Waals surface area contributed by atoms with E-state index in [1.807, 2.05) is 17.8 Å². The Morgan fingerprint density at radius 3 is 2.97 bits per heavy atom. The van der Waals surface area contributed by atoms with Crippen LogP contribution in [0.1, 0.15) is 32.6 Å². The molecule has 1 unspecified atom stereocenters. The van der Waals surface area contributed by atoms with Crippen LogP contribution in [-0.2, 0) is 0 Å². The minimum Gasteiger partial charge on any atom is -0.355 e. The van der Waals surface area contributed by atoms with Crippen LogP contribution in [0.25, 0.3) is 20.4 Å². The Morgan fingerprint density at radius 1 is 1.17 bits per heavy atom. The fourth-order valence-electron chi connectivity index (χ4n) is 3.86. The molecule has 4 heterocycles. The van der Waals surface area contributed by atoms with Gasteiger partial charge in [0.1, 0.15) is 4.83 Å². The maximum absolute atomic E-state index is 5.46. The Bertz CT molecular complexity index is 1070. The lowest BCUT2D eigenvalue weighted by molar-refractivity contribution is 0.160. The molecule has 0 spiro atoms. The zero-order chi connectivity index (χ0) is 20.8. The van der Waals surface area contributed by atoms with Crippen molar-refractivity contribution in [3.8, 4) is 0 Å². The predicted octanol–water partition coefficient (Wildman–Crippen LogP) is 5.86. The van der Waals surface area contributed by atoms with E-state index in [2.05, 4.69) is 56.8 Å². The highest BCUT2D eigenvalue weighted by atomic mass is 32.1. The van der Waals surface area contributed by atoms with Gasteiger partial charge in [0.2, 0.25) is 0 Å². The minimum absolute atomic E-state index is 0.801. The Kier molecular flexibility index (Phi) is 7.28. The molecule has 7 heteroatoms. The highest BCUT2D eigenvalue weighted by molar-refractivity contribution is 7.17. The molecule has 0 amide bonds. The second-order valence-electron chi connectivity index (χ2n) is 7.68. The molecular weight excluding hydrogens is 410 g/mol. The van der Waals surface area contributed by atoms with E-state index >= 15 is 0 Å². The number of nitrogens with two attached hydrogens (primary N) is 1. The van der Waals surface area contributed by atoms with Crippen molar-refractivity contribution in [1.82, 2.24) is 14.9 Å². The number of likely N-dealkylation sites (tertiary alicyclic amines) is 1. The fraction of sp³-hybridized carbons (Fsp3) is 0.391. The number of aromatic nitrogens is 2. The van der Waals surface area contributed by atoms with E-state index in [0.29, 0.717) is 0 Å². The van der Waals surface area contributed by atoms with Gasteiger partial charge in [0.05, 0.1) is 21.4 Å². The van der Waals surface area contributed by atoms with Gasteiger partial charge in [-0.25, -0.2) is 9.97 Å². The Balaban J connectivity index is 0.000000170. The molecule has 1 aliphatic rings. The quantitative estimate of drug-likeness (QED) is 0.408. The number of hydrogen-bond acceptors (Lipinski definition) is 7. The van der Waals surface area contributed by atoms with Crippen LogP contribution in [0.15, 0.2) is 47.4 Å². The van der Waals surface area contributed by atoms with Gasteiger partial charge >= 0.3 is 0 Å². The maximum atomic E-state index is 5.46. The molecule has 0 bridgehead atoms. The number of thiazole rings is 1. The third kappa shape index (κ3) is 5.16. The normalized spacial score (nSPS) is 17.1. The molecule has 0 aliphatic carbocycles. The molecule has 1 aromatic carbocycles. The van der Waals surface area contributed by atoms with Crippen LogP contribution in [0.4, 0.5) is 11.4 Å². The summed E-state index contributed by atoms with van der Waals surface area (Å²) in [6.07, 6.45) is 7.17. The summed E-state index contributed by atoms with van der Waals surface area (Å²) in [4.78, 5) is 12.3. The Labute approximate surface area is 186 Å². The largest absolute Gasteiger partial charge is 0.355 e. The van der Waals surface area contributed by atoms with Crippen LogP contribution in [0.5, 0.6) is 0 Å². The first-order chi connectivity index (χ1) is 14.7. The van der Waals surface area contributed by atoms with E-state index < -0.39 is 0 Å². The molecule has 1 atom stereocenters. The summed E-state index contributed by atoms with van der Waals surface area (Å²) in [6, 6.07) is 11.2. The van der Waals surface area contributed by atoms with Crippen molar-refractivity contribution in [3.05, 3.63) is 47.4 Å². The van der Waals surface area contributed by atoms with Crippen molar-refractivity contribution < 1.29 is 0 Å². The second kappa shape index (κ2) is 10.3. The minimum atomic E-state index is 0.801. The van der Waals surface area contributed by atoms with Gasteiger partial charge in [0.25, 0.3) is 0 Å². The topological polar surface area (TPSA) is 67.1 Å². The number of hydrogen-bond donors (Lipinski definition) is 2. The molecule has 1 aliphatic heterocycles. The smallest absolute Gasteiger partial charge is 0.125 e. The van der Waals surface area contributed by atoms with Crippen LogP contribution in [0.3, 0.4) is 0 Å². The van der Waals surface area contributed by atoms with Crippen LogP contribution >= 0.6 is 22.7 Å². The summed E-state index contributed by atoms with van der Waals surface area (Å²) < 4.78 is 1.21. The van der Waals surface area contributed by atoms with Crippen molar-refractivity contribution in [1.29, 1.82) is 0 Å². The van der Waals surface area contributed by atoms with Crippen molar-refractivity contribution in [2.45, 2.75) is 38.6 Å². The first-order valence-corrected chi connectivity index (χ1v) is 12.4. The summed E-state index contributed by atoms with van der Waals surface area (Å²) >= 11 is 3.31. The van der Waals surface area contributed by atoms with Gasteiger partial charge in [-0.05, 0) is 81.5 Å². The summed E-state index contributed by atoms with van der Waals surface area (Å²) in [7, 11) is 0. The number of anilines is 2. The summed E-state index contributed by atoms with van der Waals surface area (Å²) in [6.45, 7) is 5.66. The van der Waals surface area contributed by atoms with E-state index in [1.165, 1.54) is 37.1 Å². The molecule has 3 N–H and O–H groups in total. The molecule has 3 aromatic heterocycles. The van der Waals surface area contributed by atoms with Crippen molar-refractivity contribution in [2.75, 3.05) is 25.0 Å². The van der Waals surface area contributed by atoms with E-state index in [1.54, 1.807) is 22.7 Å². The highest BCUT2D eigenvalue weighted by Crippen LogP contribution is 2.29. The Morgan fingerprint density at radius 2 is 2.10 bits per heavy atom.